The molecule has 49 heavy (non-hydrogen) atoms. The summed E-state index contributed by atoms with van der Waals surface area (Å²) in [6, 6.07) is 17.7. The van der Waals surface area contributed by atoms with Crippen LogP contribution in [-0.4, -0.2) is 59.2 Å². The maximum absolute atomic E-state index is 13.8. The summed E-state index contributed by atoms with van der Waals surface area (Å²) in [6.45, 7) is 1.11. The number of rotatable bonds is 9. The van der Waals surface area contributed by atoms with Gasteiger partial charge in [0.25, 0.3) is 0 Å². The third kappa shape index (κ3) is 7.29. The van der Waals surface area contributed by atoms with Crippen LogP contribution in [0.2, 0.25) is 0 Å². The molecule has 0 radical (unpaired) electrons. The summed E-state index contributed by atoms with van der Waals surface area (Å²) >= 11 is 0. The van der Waals surface area contributed by atoms with E-state index in [1.54, 1.807) is 34.4 Å². The highest BCUT2D eigenvalue weighted by molar-refractivity contribution is 5.91. The van der Waals surface area contributed by atoms with E-state index in [9.17, 15) is 10.1 Å². The number of hydrogen-bond acceptors (Lipinski definition) is 9. The number of ether oxygens (including phenoxy) is 1. The van der Waals surface area contributed by atoms with Crippen molar-refractivity contribution in [3.63, 3.8) is 0 Å². The van der Waals surface area contributed by atoms with Gasteiger partial charge in [-0.25, -0.2) is 24.4 Å². The molecule has 0 bridgehead atoms. The zero-order chi connectivity index (χ0) is 33.6. The van der Waals surface area contributed by atoms with Gasteiger partial charge in [-0.2, -0.15) is 15.5 Å². The minimum absolute atomic E-state index is 0.0483. The lowest BCUT2D eigenvalue weighted by atomic mass is 9.90. The lowest BCUT2D eigenvalue weighted by molar-refractivity contribution is -0.0384. The van der Waals surface area contributed by atoms with Crippen LogP contribution in [0.5, 0.6) is 0 Å². The molecule has 250 valence electrons. The number of nitrogens with one attached hydrogen (secondary N) is 2. The number of anilines is 2. The van der Waals surface area contributed by atoms with Gasteiger partial charge in [-0.1, -0.05) is 30.3 Å². The molecule has 1 aromatic carbocycles. The number of benzene rings is 1. The van der Waals surface area contributed by atoms with E-state index in [0.29, 0.717) is 36.2 Å². The second kappa shape index (κ2) is 14.7. The molecule has 1 aliphatic carbocycles. The van der Waals surface area contributed by atoms with Gasteiger partial charge in [0.15, 0.2) is 6.23 Å². The first-order valence-corrected chi connectivity index (χ1v) is 16.8. The van der Waals surface area contributed by atoms with Crippen molar-refractivity contribution in [1.82, 2.24) is 39.8 Å². The van der Waals surface area contributed by atoms with Gasteiger partial charge in [-0.15, -0.1) is 0 Å². The second-order valence-electron chi connectivity index (χ2n) is 12.5. The Balaban J connectivity index is 1.06. The Hall–Kier alpha value is -5.61. The number of pyridine rings is 1. The Morgan fingerprint density at radius 1 is 0.980 bits per heavy atom. The molecular weight excluding hydrogens is 618 g/mol. The van der Waals surface area contributed by atoms with Crippen molar-refractivity contribution in [2.45, 2.75) is 69.8 Å². The Bertz CT molecular complexity index is 1900. The monoisotopic (exact) mass is 657 g/mol. The first kappa shape index (κ1) is 32.0. The number of hydrogen-bond donors (Lipinski definition) is 2. The summed E-state index contributed by atoms with van der Waals surface area (Å²) in [5, 5.41) is 25.3. The molecule has 2 aliphatic rings. The van der Waals surface area contributed by atoms with Gasteiger partial charge < -0.3 is 15.4 Å². The molecule has 0 spiro atoms. The number of aromatic nitrogens is 7. The molecule has 2 amide bonds. The van der Waals surface area contributed by atoms with E-state index in [0.717, 1.165) is 67.3 Å². The van der Waals surface area contributed by atoms with Gasteiger partial charge in [0.05, 0.1) is 23.7 Å². The van der Waals surface area contributed by atoms with E-state index in [4.69, 9.17) is 14.7 Å². The van der Waals surface area contributed by atoms with Crippen LogP contribution in [0.1, 0.15) is 62.3 Å². The number of nitrogens with zero attached hydrogens (tertiary/aromatic N) is 9. The van der Waals surface area contributed by atoms with Crippen LogP contribution < -0.4 is 15.5 Å². The van der Waals surface area contributed by atoms with Crippen LogP contribution in [0.15, 0.2) is 79.5 Å². The lowest BCUT2D eigenvalue weighted by Crippen LogP contribution is -2.49. The summed E-state index contributed by atoms with van der Waals surface area (Å²) in [5.41, 5.74) is 4.57. The molecular formula is C36H39N11O2. The van der Waals surface area contributed by atoms with Crippen LogP contribution in [-0.2, 0) is 18.3 Å². The van der Waals surface area contributed by atoms with Crippen LogP contribution in [0.25, 0.3) is 22.5 Å². The van der Waals surface area contributed by atoms with Gasteiger partial charge in [0.2, 0.25) is 5.95 Å². The summed E-state index contributed by atoms with van der Waals surface area (Å²) in [5.74, 6) is 1.06. The zero-order valence-electron chi connectivity index (χ0n) is 27.4. The van der Waals surface area contributed by atoms with E-state index in [1.807, 2.05) is 66.5 Å². The predicted molar refractivity (Wildman–Crippen MR) is 184 cm³/mol. The average molecular weight is 658 g/mol. The second-order valence-corrected chi connectivity index (χ2v) is 12.5. The molecule has 5 heterocycles. The number of aryl methyl sites for hydroxylation is 1. The fourth-order valence-corrected chi connectivity index (χ4v) is 6.62. The lowest BCUT2D eigenvalue weighted by Gasteiger charge is -2.36. The molecule has 13 heteroatoms. The van der Waals surface area contributed by atoms with E-state index in [2.05, 4.69) is 31.9 Å². The molecule has 2 N–H and O–H groups in total. The van der Waals surface area contributed by atoms with Crippen molar-refractivity contribution in [1.29, 1.82) is 5.26 Å². The van der Waals surface area contributed by atoms with E-state index < -0.39 is 0 Å². The first-order valence-electron chi connectivity index (χ1n) is 16.8. The Morgan fingerprint density at radius 3 is 2.55 bits per heavy atom. The zero-order valence-corrected chi connectivity index (χ0v) is 27.4. The fourth-order valence-electron chi connectivity index (χ4n) is 6.62. The van der Waals surface area contributed by atoms with Crippen molar-refractivity contribution in [3.05, 3.63) is 90.6 Å². The normalized spacial score (nSPS) is 19.1. The largest absolute Gasteiger partial charge is 0.356 e. The van der Waals surface area contributed by atoms with Crippen molar-refractivity contribution in [2.24, 2.45) is 7.05 Å². The van der Waals surface area contributed by atoms with E-state index in [1.165, 1.54) is 0 Å². The third-order valence-corrected chi connectivity index (χ3v) is 9.18. The van der Waals surface area contributed by atoms with Crippen LogP contribution in [0, 0.1) is 11.3 Å². The predicted octanol–water partition coefficient (Wildman–Crippen LogP) is 5.85. The topological polar surface area (TPSA) is 152 Å². The number of carbonyl (C=O) groups is 1. The summed E-state index contributed by atoms with van der Waals surface area (Å²) < 4.78 is 9.55. The van der Waals surface area contributed by atoms with Crippen LogP contribution in [0.4, 0.5) is 16.6 Å². The van der Waals surface area contributed by atoms with Crippen LogP contribution in [0.3, 0.4) is 0 Å². The highest BCUT2D eigenvalue weighted by atomic mass is 16.5. The number of nitriles is 1. The van der Waals surface area contributed by atoms with Gasteiger partial charge in [0, 0.05) is 62.0 Å². The molecule has 7 rings (SSSR count). The number of carbonyl (C=O) groups excluding carboxylic acids is 1. The van der Waals surface area contributed by atoms with Crippen LogP contribution >= 0.6 is 0 Å². The summed E-state index contributed by atoms with van der Waals surface area (Å²) in [4.78, 5) is 29.6. The fraction of sp³-hybridized carbons (Fsp3) is 0.361. The minimum Gasteiger partial charge on any atom is -0.356 e. The molecule has 1 saturated heterocycles. The number of amides is 2. The van der Waals surface area contributed by atoms with E-state index >= 15 is 0 Å². The molecule has 1 saturated carbocycles. The maximum atomic E-state index is 13.8. The Kier molecular flexibility index (Phi) is 9.56. The maximum Gasteiger partial charge on any atom is 0.323 e. The third-order valence-electron chi connectivity index (χ3n) is 9.18. The molecule has 1 aliphatic heterocycles. The van der Waals surface area contributed by atoms with Gasteiger partial charge in [0.1, 0.15) is 17.6 Å². The molecule has 1 atom stereocenters. The standard InChI is InChI=1S/C36H39N11O2/c1-45-24-28(23-42-45)26-10-15-32(38-21-26)46(36(48)40-20-25-7-3-2-4-8-25)30-13-11-29(12-14-30)43-35-39-22-27(19-37)34(44-35)31-16-17-41-47(31)33-9-5-6-18-49-33/h2-4,7-8,10,15-17,21-24,29-30,33H,5-6,9,11-14,18,20H2,1H3,(H,40,48)(H,39,43,44). The molecule has 5 aromatic rings. The molecule has 2 fully saturated rings. The molecule has 13 nitrogen and oxygen atoms in total. The van der Waals surface area contributed by atoms with E-state index in [-0.39, 0.29) is 24.3 Å². The van der Waals surface area contributed by atoms with Gasteiger partial charge in [-0.3, -0.25) is 9.58 Å². The molecule has 1 unspecified atom stereocenters. The van der Waals surface area contributed by atoms with Crippen molar-refractivity contribution < 1.29 is 9.53 Å². The summed E-state index contributed by atoms with van der Waals surface area (Å²) in [7, 11) is 1.88. The highest BCUT2D eigenvalue weighted by Crippen LogP contribution is 2.32. The molecule has 4 aromatic heterocycles. The average Bonchev–Trinajstić information content (AvgIpc) is 3.82. The summed E-state index contributed by atoms with van der Waals surface area (Å²) in [6.07, 6.45) is 14.7. The Labute approximate surface area is 285 Å². The Morgan fingerprint density at radius 2 is 1.84 bits per heavy atom. The van der Waals surface area contributed by atoms with Gasteiger partial charge >= 0.3 is 6.03 Å². The van der Waals surface area contributed by atoms with Crippen molar-refractivity contribution >= 4 is 17.8 Å². The van der Waals surface area contributed by atoms with Gasteiger partial charge in [-0.05, 0) is 68.7 Å². The smallest absolute Gasteiger partial charge is 0.323 e. The first-order chi connectivity index (χ1) is 24.1. The number of urea groups is 1. The van der Waals surface area contributed by atoms with Crippen molar-refractivity contribution in [2.75, 3.05) is 16.8 Å². The SMILES string of the molecule is Cn1cc(-c2ccc(N(C(=O)NCc3ccccc3)C3CCC(Nc4ncc(C#N)c(-c5ccnn5C5CCCCO5)n4)CC3)nc2)cn1. The van der Waals surface area contributed by atoms with Crippen molar-refractivity contribution in [3.8, 4) is 28.6 Å². The highest BCUT2D eigenvalue weighted by Gasteiger charge is 2.31. The quantitative estimate of drug-likeness (QED) is 0.199. The minimum atomic E-state index is -0.180.